The zero-order chi connectivity index (χ0) is 15.1. The lowest BCUT2D eigenvalue weighted by atomic mass is 10.3. The SMILES string of the molecule is CCOC(=O)CSc1nnc(NC(=O)C2CNCCO2)s1. The van der Waals surface area contributed by atoms with Gasteiger partial charge in [-0.25, -0.2) is 0 Å². The number of morpholine rings is 1. The number of anilines is 1. The molecule has 116 valence electrons. The molecule has 0 bridgehead atoms. The Morgan fingerprint density at radius 1 is 1.57 bits per heavy atom. The summed E-state index contributed by atoms with van der Waals surface area (Å²) in [5, 5.41) is 13.9. The fraction of sp³-hybridized carbons (Fsp3) is 0.636. The highest BCUT2D eigenvalue weighted by atomic mass is 32.2. The zero-order valence-corrected chi connectivity index (χ0v) is 13.1. The van der Waals surface area contributed by atoms with E-state index in [4.69, 9.17) is 9.47 Å². The highest BCUT2D eigenvalue weighted by Crippen LogP contribution is 2.25. The summed E-state index contributed by atoms with van der Waals surface area (Å²) in [6.45, 7) is 3.84. The third-order valence-corrected chi connectivity index (χ3v) is 4.42. The number of aromatic nitrogens is 2. The predicted molar refractivity (Wildman–Crippen MR) is 78.5 cm³/mol. The van der Waals surface area contributed by atoms with E-state index in [1.54, 1.807) is 6.92 Å². The van der Waals surface area contributed by atoms with Crippen LogP contribution in [-0.2, 0) is 19.1 Å². The predicted octanol–water partition coefficient (Wildman–Crippen LogP) is 0.120. The lowest BCUT2D eigenvalue weighted by Crippen LogP contribution is -2.45. The number of carbonyl (C=O) groups is 2. The highest BCUT2D eigenvalue weighted by Gasteiger charge is 2.22. The molecule has 1 aliphatic heterocycles. The van der Waals surface area contributed by atoms with Gasteiger partial charge in [0.2, 0.25) is 5.13 Å². The topological polar surface area (TPSA) is 102 Å². The van der Waals surface area contributed by atoms with Crippen molar-refractivity contribution in [2.75, 3.05) is 37.4 Å². The van der Waals surface area contributed by atoms with E-state index in [0.717, 1.165) is 6.54 Å². The molecule has 21 heavy (non-hydrogen) atoms. The first-order valence-electron chi connectivity index (χ1n) is 6.44. The van der Waals surface area contributed by atoms with Gasteiger partial charge in [0, 0.05) is 13.1 Å². The molecule has 1 saturated heterocycles. The molecule has 2 N–H and O–H groups in total. The summed E-state index contributed by atoms with van der Waals surface area (Å²) in [7, 11) is 0. The van der Waals surface area contributed by atoms with Crippen molar-refractivity contribution < 1.29 is 19.1 Å². The molecule has 1 aliphatic rings. The number of hydrogen-bond donors (Lipinski definition) is 2. The van der Waals surface area contributed by atoms with Crippen LogP contribution in [0.2, 0.25) is 0 Å². The van der Waals surface area contributed by atoms with Gasteiger partial charge in [-0.15, -0.1) is 10.2 Å². The van der Waals surface area contributed by atoms with E-state index in [9.17, 15) is 9.59 Å². The van der Waals surface area contributed by atoms with Crippen LogP contribution in [0.25, 0.3) is 0 Å². The number of rotatable bonds is 6. The van der Waals surface area contributed by atoms with Crippen LogP contribution in [0, 0.1) is 0 Å². The maximum Gasteiger partial charge on any atom is 0.316 e. The van der Waals surface area contributed by atoms with Crippen LogP contribution in [0.15, 0.2) is 4.34 Å². The second-order valence-corrected chi connectivity index (χ2v) is 6.22. The maximum absolute atomic E-state index is 11.9. The number of nitrogens with zero attached hydrogens (tertiary/aromatic N) is 2. The van der Waals surface area contributed by atoms with Gasteiger partial charge in [0.15, 0.2) is 4.34 Å². The number of nitrogens with one attached hydrogen (secondary N) is 2. The summed E-state index contributed by atoms with van der Waals surface area (Å²) in [5.41, 5.74) is 0. The minimum atomic E-state index is -0.515. The Hall–Kier alpha value is -1.23. The van der Waals surface area contributed by atoms with Gasteiger partial charge in [-0.1, -0.05) is 23.1 Å². The average molecular weight is 332 g/mol. The van der Waals surface area contributed by atoms with Crippen LogP contribution in [0.3, 0.4) is 0 Å². The number of carbonyl (C=O) groups excluding carboxylic acids is 2. The molecule has 1 fully saturated rings. The van der Waals surface area contributed by atoms with Gasteiger partial charge in [0.05, 0.1) is 19.0 Å². The largest absolute Gasteiger partial charge is 0.465 e. The summed E-state index contributed by atoms with van der Waals surface area (Å²) in [5.74, 6) is -0.378. The standard InChI is InChI=1S/C11H16N4O4S2/c1-2-18-8(16)6-20-11-15-14-10(21-11)13-9(17)7-5-12-3-4-19-7/h7,12H,2-6H2,1H3,(H,13,14,17). The van der Waals surface area contributed by atoms with E-state index in [1.807, 2.05) is 0 Å². The highest BCUT2D eigenvalue weighted by molar-refractivity contribution is 8.01. The van der Waals surface area contributed by atoms with E-state index >= 15 is 0 Å². The van der Waals surface area contributed by atoms with Crippen LogP contribution in [0.5, 0.6) is 0 Å². The lowest BCUT2D eigenvalue weighted by molar-refractivity contribution is -0.139. The normalized spacial score (nSPS) is 18.2. The summed E-state index contributed by atoms with van der Waals surface area (Å²) >= 11 is 2.44. The van der Waals surface area contributed by atoms with E-state index < -0.39 is 6.10 Å². The maximum atomic E-state index is 11.9. The molecule has 0 radical (unpaired) electrons. The number of amides is 1. The molecule has 0 saturated carbocycles. The quantitative estimate of drug-likeness (QED) is 0.430. The van der Waals surface area contributed by atoms with Gasteiger partial charge in [0.1, 0.15) is 6.10 Å². The summed E-state index contributed by atoms with van der Waals surface area (Å²) < 4.78 is 10.8. The Bertz CT molecular complexity index is 490. The second-order valence-electron chi connectivity index (χ2n) is 4.02. The minimum Gasteiger partial charge on any atom is -0.465 e. The smallest absolute Gasteiger partial charge is 0.316 e. The Labute approximate surface area is 130 Å². The first-order chi connectivity index (χ1) is 10.2. The van der Waals surface area contributed by atoms with E-state index in [0.29, 0.717) is 29.2 Å². The zero-order valence-electron chi connectivity index (χ0n) is 11.5. The van der Waals surface area contributed by atoms with Crippen LogP contribution in [0.1, 0.15) is 6.92 Å². The number of thioether (sulfide) groups is 1. The molecule has 1 aromatic heterocycles. The van der Waals surface area contributed by atoms with Crippen molar-refractivity contribution in [2.24, 2.45) is 0 Å². The van der Waals surface area contributed by atoms with Crippen molar-refractivity contribution >= 4 is 40.1 Å². The molecule has 1 aromatic rings. The molecular formula is C11H16N4O4S2. The third-order valence-electron chi connectivity index (χ3n) is 2.48. The molecule has 1 unspecified atom stereocenters. The molecule has 8 nitrogen and oxygen atoms in total. The van der Waals surface area contributed by atoms with Crippen molar-refractivity contribution in [1.82, 2.24) is 15.5 Å². The molecule has 1 atom stereocenters. The van der Waals surface area contributed by atoms with Crippen LogP contribution in [-0.4, -0.2) is 60.2 Å². The van der Waals surface area contributed by atoms with E-state index in [-0.39, 0.29) is 17.6 Å². The number of esters is 1. The van der Waals surface area contributed by atoms with Crippen molar-refractivity contribution in [3.63, 3.8) is 0 Å². The van der Waals surface area contributed by atoms with Crippen molar-refractivity contribution in [3.05, 3.63) is 0 Å². The summed E-state index contributed by atoms with van der Waals surface area (Å²) in [4.78, 5) is 23.1. The number of hydrogen-bond acceptors (Lipinski definition) is 9. The first-order valence-corrected chi connectivity index (χ1v) is 8.24. The van der Waals surface area contributed by atoms with Crippen molar-refractivity contribution in [3.8, 4) is 0 Å². The lowest BCUT2D eigenvalue weighted by Gasteiger charge is -2.21. The Morgan fingerprint density at radius 2 is 2.43 bits per heavy atom. The Morgan fingerprint density at radius 3 is 3.14 bits per heavy atom. The fourth-order valence-electron chi connectivity index (χ4n) is 1.56. The Kier molecular flexibility index (Phi) is 6.36. The molecule has 1 amide bonds. The van der Waals surface area contributed by atoms with Gasteiger partial charge < -0.3 is 14.8 Å². The molecule has 2 heterocycles. The van der Waals surface area contributed by atoms with Crippen molar-refractivity contribution in [1.29, 1.82) is 0 Å². The van der Waals surface area contributed by atoms with Crippen LogP contribution < -0.4 is 10.6 Å². The third kappa shape index (κ3) is 5.23. The van der Waals surface area contributed by atoms with Gasteiger partial charge >= 0.3 is 5.97 Å². The van der Waals surface area contributed by atoms with Crippen molar-refractivity contribution in [2.45, 2.75) is 17.4 Å². The van der Waals surface area contributed by atoms with E-state index in [1.165, 1.54) is 23.1 Å². The second kappa shape index (κ2) is 8.27. The minimum absolute atomic E-state index is 0.173. The van der Waals surface area contributed by atoms with Gasteiger partial charge in [-0.3, -0.25) is 14.9 Å². The van der Waals surface area contributed by atoms with Gasteiger partial charge in [-0.05, 0) is 6.92 Å². The molecule has 0 spiro atoms. The molecule has 10 heteroatoms. The van der Waals surface area contributed by atoms with Crippen LogP contribution in [0.4, 0.5) is 5.13 Å². The van der Waals surface area contributed by atoms with Gasteiger partial charge in [0.25, 0.3) is 5.91 Å². The summed E-state index contributed by atoms with van der Waals surface area (Å²) in [6.07, 6.45) is -0.515. The fourth-order valence-corrected chi connectivity index (χ4v) is 3.11. The average Bonchev–Trinajstić information content (AvgIpc) is 2.94. The number of ether oxygens (including phenoxy) is 2. The molecule has 0 aliphatic carbocycles. The summed E-state index contributed by atoms with van der Waals surface area (Å²) in [6, 6.07) is 0. The van der Waals surface area contributed by atoms with Gasteiger partial charge in [-0.2, -0.15) is 0 Å². The molecule has 2 rings (SSSR count). The molecular weight excluding hydrogens is 316 g/mol. The van der Waals surface area contributed by atoms with Crippen LogP contribution >= 0.6 is 23.1 Å². The van der Waals surface area contributed by atoms with E-state index in [2.05, 4.69) is 20.8 Å². The molecule has 0 aromatic carbocycles. The first kappa shape index (κ1) is 16.1. The Balaban J connectivity index is 1.79. The monoisotopic (exact) mass is 332 g/mol.